The smallest absolute Gasteiger partial charge is 0.309 e. The first-order chi connectivity index (χ1) is 9.52. The van der Waals surface area contributed by atoms with E-state index >= 15 is 0 Å². The van der Waals surface area contributed by atoms with Crippen LogP contribution in [-0.2, 0) is 18.3 Å². The number of rotatable bonds is 5. The molecular formula is C14H15BrN2O3. The molecule has 0 fully saturated rings. The summed E-state index contributed by atoms with van der Waals surface area (Å²) in [5.74, 6) is 0.619. The second-order valence-electron chi connectivity index (χ2n) is 4.26. The summed E-state index contributed by atoms with van der Waals surface area (Å²) in [4.78, 5) is 15.2. The van der Waals surface area contributed by atoms with Gasteiger partial charge in [0.05, 0.1) is 18.7 Å². The van der Waals surface area contributed by atoms with Gasteiger partial charge in [0.25, 0.3) is 0 Å². The van der Waals surface area contributed by atoms with Crippen molar-refractivity contribution in [1.82, 2.24) is 9.55 Å². The first-order valence-electron chi connectivity index (χ1n) is 6.19. The average molecular weight is 339 g/mol. The van der Waals surface area contributed by atoms with Crippen LogP contribution >= 0.6 is 15.9 Å². The number of halogens is 1. The summed E-state index contributed by atoms with van der Waals surface area (Å²) in [7, 11) is 1.84. The van der Waals surface area contributed by atoms with Crippen molar-refractivity contribution in [3.05, 3.63) is 34.6 Å². The maximum absolute atomic E-state index is 10.8. The third-order valence-corrected chi connectivity index (χ3v) is 3.82. The van der Waals surface area contributed by atoms with Gasteiger partial charge in [-0.3, -0.25) is 4.79 Å². The number of imidazole rings is 1. The molecule has 0 amide bonds. The van der Waals surface area contributed by atoms with Crippen molar-refractivity contribution in [3.8, 4) is 17.1 Å². The molecule has 0 radical (unpaired) electrons. The van der Waals surface area contributed by atoms with Crippen molar-refractivity contribution < 1.29 is 14.6 Å². The van der Waals surface area contributed by atoms with E-state index in [1.807, 2.05) is 42.8 Å². The van der Waals surface area contributed by atoms with Crippen LogP contribution in [0.1, 0.15) is 12.6 Å². The summed E-state index contributed by atoms with van der Waals surface area (Å²) >= 11 is 3.38. The number of hydrogen-bond donors (Lipinski definition) is 1. The molecule has 0 saturated heterocycles. The topological polar surface area (TPSA) is 64.3 Å². The maximum Gasteiger partial charge on any atom is 0.309 e. The van der Waals surface area contributed by atoms with E-state index in [-0.39, 0.29) is 6.42 Å². The van der Waals surface area contributed by atoms with Crippen molar-refractivity contribution in [2.75, 3.05) is 6.61 Å². The van der Waals surface area contributed by atoms with Crippen LogP contribution in [0, 0.1) is 0 Å². The fraction of sp³-hybridized carbons (Fsp3) is 0.286. The summed E-state index contributed by atoms with van der Waals surface area (Å²) in [5.41, 5.74) is 1.43. The van der Waals surface area contributed by atoms with E-state index < -0.39 is 5.97 Å². The van der Waals surface area contributed by atoms with Gasteiger partial charge in [-0.15, -0.1) is 0 Å². The Morgan fingerprint density at radius 3 is 2.60 bits per heavy atom. The van der Waals surface area contributed by atoms with Gasteiger partial charge in [0.2, 0.25) is 0 Å². The van der Waals surface area contributed by atoms with Crippen LogP contribution in [0.5, 0.6) is 5.75 Å². The molecule has 0 unspecified atom stereocenters. The molecule has 0 atom stereocenters. The molecule has 0 aliphatic rings. The van der Waals surface area contributed by atoms with Crippen molar-refractivity contribution in [2.45, 2.75) is 13.3 Å². The van der Waals surface area contributed by atoms with Crippen LogP contribution in [0.15, 0.2) is 28.9 Å². The Labute approximate surface area is 125 Å². The van der Waals surface area contributed by atoms with Gasteiger partial charge in [-0.1, -0.05) is 0 Å². The predicted molar refractivity (Wildman–Crippen MR) is 78.9 cm³/mol. The highest BCUT2D eigenvalue weighted by Gasteiger charge is 2.16. The van der Waals surface area contributed by atoms with E-state index in [4.69, 9.17) is 9.84 Å². The zero-order chi connectivity index (χ0) is 14.7. The highest BCUT2D eigenvalue weighted by atomic mass is 79.9. The fourth-order valence-electron chi connectivity index (χ4n) is 1.92. The van der Waals surface area contributed by atoms with E-state index in [1.54, 1.807) is 0 Å². The van der Waals surface area contributed by atoms with Gasteiger partial charge >= 0.3 is 5.97 Å². The van der Waals surface area contributed by atoms with Gasteiger partial charge in [0.1, 0.15) is 16.2 Å². The number of aromatic nitrogens is 2. The molecule has 106 valence electrons. The maximum atomic E-state index is 10.8. The Bertz CT molecular complexity index is 620. The Morgan fingerprint density at radius 1 is 1.40 bits per heavy atom. The number of carbonyl (C=O) groups is 1. The lowest BCUT2D eigenvalue weighted by Crippen LogP contribution is -2.01. The Hall–Kier alpha value is -1.82. The molecule has 1 aromatic heterocycles. The number of ether oxygens (including phenoxy) is 1. The van der Waals surface area contributed by atoms with Gasteiger partial charge in [-0.05, 0) is 47.1 Å². The number of aliphatic carboxylic acids is 1. The van der Waals surface area contributed by atoms with Crippen molar-refractivity contribution >= 4 is 21.9 Å². The molecule has 1 N–H and O–H groups in total. The largest absolute Gasteiger partial charge is 0.494 e. The summed E-state index contributed by atoms with van der Waals surface area (Å²) in [6.07, 6.45) is -0.106. The number of hydrogen-bond acceptors (Lipinski definition) is 3. The SMILES string of the molecule is CCOc1ccc(-c2nc(CC(=O)O)c(Br)n2C)cc1. The standard InChI is InChI=1S/C14H15BrN2O3/c1-3-20-10-6-4-9(5-7-10)14-16-11(8-12(18)19)13(15)17(14)2/h4-7H,3,8H2,1-2H3,(H,18,19). The van der Waals surface area contributed by atoms with Crippen molar-refractivity contribution in [1.29, 1.82) is 0 Å². The molecule has 1 heterocycles. The summed E-state index contributed by atoms with van der Waals surface area (Å²) in [6.45, 7) is 2.55. The van der Waals surface area contributed by atoms with E-state index in [0.717, 1.165) is 17.1 Å². The van der Waals surface area contributed by atoms with Gasteiger partial charge in [0.15, 0.2) is 0 Å². The van der Waals surface area contributed by atoms with Crippen LogP contribution in [0.4, 0.5) is 0 Å². The Balaban J connectivity index is 2.34. The summed E-state index contributed by atoms with van der Waals surface area (Å²) < 4.78 is 7.91. The molecule has 0 aliphatic heterocycles. The monoisotopic (exact) mass is 338 g/mol. The van der Waals surface area contributed by atoms with Crippen LogP contribution < -0.4 is 4.74 Å². The van der Waals surface area contributed by atoms with Gasteiger partial charge in [-0.25, -0.2) is 4.98 Å². The molecular weight excluding hydrogens is 324 g/mol. The minimum absolute atomic E-state index is 0.106. The fourth-order valence-corrected chi connectivity index (χ4v) is 2.31. The molecule has 0 aliphatic carbocycles. The highest BCUT2D eigenvalue weighted by Crippen LogP contribution is 2.27. The van der Waals surface area contributed by atoms with E-state index in [0.29, 0.717) is 16.9 Å². The number of benzene rings is 1. The van der Waals surface area contributed by atoms with Crippen LogP contribution in [0.3, 0.4) is 0 Å². The third kappa shape index (κ3) is 3.01. The Morgan fingerprint density at radius 2 is 2.05 bits per heavy atom. The van der Waals surface area contributed by atoms with Crippen LogP contribution in [0.2, 0.25) is 0 Å². The summed E-state index contributed by atoms with van der Waals surface area (Å²) in [6, 6.07) is 7.56. The molecule has 2 rings (SSSR count). The lowest BCUT2D eigenvalue weighted by Gasteiger charge is -2.05. The van der Waals surface area contributed by atoms with E-state index in [9.17, 15) is 4.79 Å². The molecule has 20 heavy (non-hydrogen) atoms. The molecule has 1 aromatic carbocycles. The van der Waals surface area contributed by atoms with E-state index in [1.165, 1.54) is 0 Å². The van der Waals surface area contributed by atoms with Crippen molar-refractivity contribution in [3.63, 3.8) is 0 Å². The minimum atomic E-state index is -0.901. The van der Waals surface area contributed by atoms with Crippen molar-refractivity contribution in [2.24, 2.45) is 7.05 Å². The quantitative estimate of drug-likeness (QED) is 0.910. The van der Waals surface area contributed by atoms with Crippen LogP contribution in [-0.4, -0.2) is 27.2 Å². The van der Waals surface area contributed by atoms with Gasteiger partial charge < -0.3 is 14.4 Å². The third-order valence-electron chi connectivity index (χ3n) is 2.83. The normalized spacial score (nSPS) is 10.6. The second-order valence-corrected chi connectivity index (χ2v) is 5.01. The predicted octanol–water partition coefficient (Wildman–Crippen LogP) is 2.88. The number of carboxylic acids is 1. The second kappa shape index (κ2) is 6.09. The molecule has 6 heteroatoms. The van der Waals surface area contributed by atoms with Gasteiger partial charge in [-0.2, -0.15) is 0 Å². The average Bonchev–Trinajstić information content (AvgIpc) is 2.68. The lowest BCUT2D eigenvalue weighted by molar-refractivity contribution is -0.136. The molecule has 5 nitrogen and oxygen atoms in total. The number of nitrogens with zero attached hydrogens (tertiary/aromatic N) is 2. The lowest BCUT2D eigenvalue weighted by atomic mass is 10.2. The zero-order valence-electron chi connectivity index (χ0n) is 11.3. The van der Waals surface area contributed by atoms with Crippen LogP contribution in [0.25, 0.3) is 11.4 Å². The first-order valence-corrected chi connectivity index (χ1v) is 6.98. The van der Waals surface area contributed by atoms with E-state index in [2.05, 4.69) is 20.9 Å². The summed E-state index contributed by atoms with van der Waals surface area (Å²) in [5, 5.41) is 8.87. The molecule has 2 aromatic rings. The first kappa shape index (κ1) is 14.6. The zero-order valence-corrected chi connectivity index (χ0v) is 12.8. The molecule has 0 saturated carbocycles. The minimum Gasteiger partial charge on any atom is -0.494 e. The highest BCUT2D eigenvalue weighted by molar-refractivity contribution is 9.10. The Kier molecular flexibility index (Phi) is 4.44. The molecule has 0 bridgehead atoms. The van der Waals surface area contributed by atoms with Gasteiger partial charge in [0, 0.05) is 12.6 Å². The number of carboxylic acid groups (broad SMARTS) is 1. The molecule has 0 spiro atoms.